The third kappa shape index (κ3) is 2.75. The molecule has 4 heteroatoms. The first-order valence-electron chi connectivity index (χ1n) is 6.39. The maximum atomic E-state index is 5.69. The van der Waals surface area contributed by atoms with Crippen LogP contribution in [0.5, 0.6) is 0 Å². The first-order chi connectivity index (χ1) is 8.27. The second-order valence-electron chi connectivity index (χ2n) is 4.72. The van der Waals surface area contributed by atoms with E-state index < -0.39 is 0 Å². The maximum Gasteiger partial charge on any atom is 0.135 e. The van der Waals surface area contributed by atoms with E-state index >= 15 is 0 Å². The zero-order chi connectivity index (χ0) is 12.3. The number of halogens is 1. The molecule has 2 rings (SSSR count). The Morgan fingerprint density at radius 3 is 3.00 bits per heavy atom. The van der Waals surface area contributed by atoms with Gasteiger partial charge in [0.05, 0.1) is 16.8 Å². The van der Waals surface area contributed by atoms with Crippen molar-refractivity contribution in [2.75, 3.05) is 26.7 Å². The van der Waals surface area contributed by atoms with Crippen LogP contribution in [0.25, 0.3) is 0 Å². The quantitative estimate of drug-likeness (QED) is 0.906. The predicted molar refractivity (Wildman–Crippen MR) is 73.0 cm³/mol. The van der Waals surface area contributed by atoms with Crippen molar-refractivity contribution >= 4 is 15.9 Å². The molecule has 3 nitrogen and oxygen atoms in total. The van der Waals surface area contributed by atoms with Gasteiger partial charge in [0.1, 0.15) is 5.76 Å². The minimum atomic E-state index is 0.423. The monoisotopic (exact) mass is 300 g/mol. The molecular formula is C13H21BrN2O. The van der Waals surface area contributed by atoms with E-state index in [0.29, 0.717) is 12.0 Å². The highest BCUT2D eigenvalue weighted by Crippen LogP contribution is 2.40. The van der Waals surface area contributed by atoms with Crippen LogP contribution in [-0.4, -0.2) is 31.6 Å². The Morgan fingerprint density at radius 1 is 1.59 bits per heavy atom. The summed E-state index contributed by atoms with van der Waals surface area (Å²) in [7, 11) is 2.02. The summed E-state index contributed by atoms with van der Waals surface area (Å²) in [4.78, 5) is 2.55. The molecule has 0 aliphatic carbocycles. The Bertz CT molecular complexity index is 339. The summed E-state index contributed by atoms with van der Waals surface area (Å²) in [6.45, 7) is 5.62. The molecule has 2 unspecified atom stereocenters. The van der Waals surface area contributed by atoms with Crippen LogP contribution in [0.2, 0.25) is 0 Å². The third-order valence-corrected chi connectivity index (χ3v) is 4.17. The molecule has 0 amide bonds. The molecule has 1 saturated heterocycles. The van der Waals surface area contributed by atoms with Crippen LogP contribution in [0.1, 0.15) is 31.6 Å². The lowest BCUT2D eigenvalue weighted by atomic mass is 9.98. The van der Waals surface area contributed by atoms with Crippen molar-refractivity contribution in [1.29, 1.82) is 0 Å². The van der Waals surface area contributed by atoms with E-state index in [4.69, 9.17) is 4.42 Å². The Kier molecular flexibility index (Phi) is 4.65. The van der Waals surface area contributed by atoms with Gasteiger partial charge in [-0.25, -0.2) is 0 Å². The highest BCUT2D eigenvalue weighted by Gasteiger charge is 2.37. The zero-order valence-corrected chi connectivity index (χ0v) is 12.2. The fraction of sp³-hybridized carbons (Fsp3) is 0.692. The van der Waals surface area contributed by atoms with E-state index in [1.54, 1.807) is 6.26 Å². The van der Waals surface area contributed by atoms with Gasteiger partial charge in [-0.3, -0.25) is 4.90 Å². The summed E-state index contributed by atoms with van der Waals surface area (Å²) < 4.78 is 6.79. The van der Waals surface area contributed by atoms with Crippen LogP contribution in [0, 0.1) is 5.92 Å². The summed E-state index contributed by atoms with van der Waals surface area (Å²) in [5.74, 6) is 1.74. The van der Waals surface area contributed by atoms with Gasteiger partial charge >= 0.3 is 0 Å². The highest BCUT2D eigenvalue weighted by atomic mass is 79.9. The van der Waals surface area contributed by atoms with Gasteiger partial charge in [-0.15, -0.1) is 0 Å². The molecule has 1 fully saturated rings. The minimum Gasteiger partial charge on any atom is -0.466 e. The van der Waals surface area contributed by atoms with Gasteiger partial charge in [0, 0.05) is 0 Å². The SMILES string of the molecule is CCCN1CCC(CNC)C1c1occc1Br. The van der Waals surface area contributed by atoms with Gasteiger partial charge in [0.2, 0.25) is 0 Å². The number of likely N-dealkylation sites (tertiary alicyclic amines) is 1. The van der Waals surface area contributed by atoms with Crippen LogP contribution < -0.4 is 5.32 Å². The molecule has 1 aliphatic rings. The maximum absolute atomic E-state index is 5.69. The van der Waals surface area contributed by atoms with Crippen molar-refractivity contribution in [1.82, 2.24) is 10.2 Å². The van der Waals surface area contributed by atoms with E-state index in [2.05, 4.69) is 33.1 Å². The first-order valence-corrected chi connectivity index (χ1v) is 7.18. The molecule has 1 aromatic heterocycles. The Hall–Kier alpha value is -0.320. The van der Waals surface area contributed by atoms with Crippen molar-refractivity contribution in [2.45, 2.75) is 25.8 Å². The van der Waals surface area contributed by atoms with Gasteiger partial charge in [-0.05, 0) is 67.4 Å². The lowest BCUT2D eigenvalue weighted by Gasteiger charge is -2.26. The van der Waals surface area contributed by atoms with Crippen LogP contribution in [0.15, 0.2) is 21.2 Å². The molecule has 0 saturated carbocycles. The van der Waals surface area contributed by atoms with E-state index in [9.17, 15) is 0 Å². The fourth-order valence-electron chi connectivity index (χ4n) is 2.84. The van der Waals surface area contributed by atoms with Crippen LogP contribution in [0.3, 0.4) is 0 Å². The molecule has 0 aromatic carbocycles. The Morgan fingerprint density at radius 2 is 2.41 bits per heavy atom. The van der Waals surface area contributed by atoms with Crippen molar-refractivity contribution in [3.63, 3.8) is 0 Å². The van der Waals surface area contributed by atoms with Gasteiger partial charge in [-0.1, -0.05) is 6.92 Å². The fourth-order valence-corrected chi connectivity index (χ4v) is 3.27. The lowest BCUT2D eigenvalue weighted by molar-refractivity contribution is 0.197. The van der Waals surface area contributed by atoms with Gasteiger partial charge in [0.15, 0.2) is 0 Å². The summed E-state index contributed by atoms with van der Waals surface area (Å²) in [6.07, 6.45) is 4.22. The summed E-state index contributed by atoms with van der Waals surface area (Å²) in [6, 6.07) is 2.42. The van der Waals surface area contributed by atoms with Gasteiger partial charge in [-0.2, -0.15) is 0 Å². The average molecular weight is 301 g/mol. The van der Waals surface area contributed by atoms with Crippen molar-refractivity contribution in [3.8, 4) is 0 Å². The lowest BCUT2D eigenvalue weighted by Crippen LogP contribution is -2.29. The van der Waals surface area contributed by atoms with Gasteiger partial charge < -0.3 is 9.73 Å². The average Bonchev–Trinajstić information content (AvgIpc) is 2.87. The molecular weight excluding hydrogens is 280 g/mol. The third-order valence-electron chi connectivity index (χ3n) is 3.52. The number of hydrogen-bond acceptors (Lipinski definition) is 3. The molecule has 0 radical (unpaired) electrons. The van der Waals surface area contributed by atoms with Crippen LogP contribution in [-0.2, 0) is 0 Å². The molecule has 1 N–H and O–H groups in total. The topological polar surface area (TPSA) is 28.4 Å². The molecule has 0 bridgehead atoms. The largest absolute Gasteiger partial charge is 0.466 e. The summed E-state index contributed by atoms with van der Waals surface area (Å²) in [5, 5.41) is 3.30. The molecule has 2 atom stereocenters. The van der Waals surface area contributed by atoms with E-state index in [-0.39, 0.29) is 0 Å². The van der Waals surface area contributed by atoms with E-state index in [1.165, 1.54) is 19.4 Å². The number of furan rings is 1. The molecule has 96 valence electrons. The molecule has 1 aromatic rings. The van der Waals surface area contributed by atoms with Crippen molar-refractivity contribution in [2.24, 2.45) is 5.92 Å². The molecule has 0 spiro atoms. The highest BCUT2D eigenvalue weighted by molar-refractivity contribution is 9.10. The second-order valence-corrected chi connectivity index (χ2v) is 5.57. The van der Waals surface area contributed by atoms with Crippen LogP contribution in [0.4, 0.5) is 0 Å². The van der Waals surface area contributed by atoms with Crippen molar-refractivity contribution in [3.05, 3.63) is 22.6 Å². The number of rotatable bonds is 5. The minimum absolute atomic E-state index is 0.423. The predicted octanol–water partition coefficient (Wildman–Crippen LogP) is 3.03. The summed E-state index contributed by atoms with van der Waals surface area (Å²) >= 11 is 3.59. The molecule has 1 aliphatic heterocycles. The first kappa shape index (κ1) is 13.1. The zero-order valence-electron chi connectivity index (χ0n) is 10.6. The van der Waals surface area contributed by atoms with Crippen molar-refractivity contribution < 1.29 is 4.42 Å². The van der Waals surface area contributed by atoms with E-state index in [0.717, 1.165) is 23.3 Å². The number of nitrogens with one attached hydrogen (secondary N) is 1. The smallest absolute Gasteiger partial charge is 0.135 e. The number of hydrogen-bond donors (Lipinski definition) is 1. The number of nitrogens with zero attached hydrogens (tertiary/aromatic N) is 1. The molecule has 17 heavy (non-hydrogen) atoms. The van der Waals surface area contributed by atoms with E-state index in [1.807, 2.05) is 13.1 Å². The Labute approximate surface area is 112 Å². The Balaban J connectivity index is 2.20. The standard InChI is InChI=1S/C13H21BrN2O/c1-3-6-16-7-4-10(9-15-2)12(16)13-11(14)5-8-17-13/h5,8,10,12,15H,3-4,6-7,9H2,1-2H3. The second kappa shape index (κ2) is 6.03. The normalized spacial score (nSPS) is 25.6. The molecule has 2 heterocycles. The van der Waals surface area contributed by atoms with Crippen LogP contribution >= 0.6 is 15.9 Å². The van der Waals surface area contributed by atoms with Gasteiger partial charge in [0.25, 0.3) is 0 Å². The summed E-state index contributed by atoms with van der Waals surface area (Å²) in [5.41, 5.74) is 0.